The Morgan fingerprint density at radius 1 is 1.57 bits per heavy atom. The minimum Gasteiger partial charge on any atom is -0.369 e. The van der Waals surface area contributed by atoms with Crippen LogP contribution in [-0.2, 0) is 0 Å². The standard InChI is InChI=1S/C10H14BrN3/c1-2-7-3-8(7)4-13-10-9(11)5-12-6-14-10/h5-8H,2-4H2,1H3,(H,12,13,14). The van der Waals surface area contributed by atoms with Gasteiger partial charge in [0.2, 0.25) is 0 Å². The minimum absolute atomic E-state index is 0.849. The molecule has 1 saturated carbocycles. The fourth-order valence-electron chi connectivity index (χ4n) is 1.73. The molecule has 0 aliphatic heterocycles. The molecule has 0 bridgehead atoms. The molecular formula is C10H14BrN3. The number of anilines is 1. The van der Waals surface area contributed by atoms with Crippen LogP contribution >= 0.6 is 15.9 Å². The second-order valence-corrected chi connectivity index (χ2v) is 4.62. The first-order chi connectivity index (χ1) is 6.81. The summed E-state index contributed by atoms with van der Waals surface area (Å²) in [6.07, 6.45) is 6.00. The molecule has 0 saturated heterocycles. The summed E-state index contributed by atoms with van der Waals surface area (Å²) in [5.74, 6) is 2.69. The Morgan fingerprint density at radius 3 is 3.07 bits per heavy atom. The molecule has 4 heteroatoms. The largest absolute Gasteiger partial charge is 0.369 e. The molecule has 1 aromatic heterocycles. The van der Waals surface area contributed by atoms with E-state index in [-0.39, 0.29) is 0 Å². The number of hydrogen-bond acceptors (Lipinski definition) is 3. The van der Waals surface area contributed by atoms with E-state index in [0.717, 1.165) is 28.7 Å². The van der Waals surface area contributed by atoms with E-state index in [0.29, 0.717) is 0 Å². The van der Waals surface area contributed by atoms with Gasteiger partial charge in [-0.25, -0.2) is 9.97 Å². The molecule has 0 amide bonds. The smallest absolute Gasteiger partial charge is 0.143 e. The first-order valence-corrected chi connectivity index (χ1v) is 5.80. The van der Waals surface area contributed by atoms with Crippen LogP contribution in [0.5, 0.6) is 0 Å². The summed E-state index contributed by atoms with van der Waals surface area (Å²) >= 11 is 3.41. The molecule has 1 fully saturated rings. The van der Waals surface area contributed by atoms with E-state index in [4.69, 9.17) is 0 Å². The Labute approximate surface area is 92.5 Å². The van der Waals surface area contributed by atoms with Gasteiger partial charge in [0.05, 0.1) is 4.47 Å². The molecule has 1 aliphatic rings. The maximum Gasteiger partial charge on any atom is 0.143 e. The highest BCUT2D eigenvalue weighted by Crippen LogP contribution is 2.40. The molecule has 0 aromatic carbocycles. The van der Waals surface area contributed by atoms with Crippen molar-refractivity contribution in [3.05, 3.63) is 17.0 Å². The van der Waals surface area contributed by atoms with Crippen molar-refractivity contribution in [1.29, 1.82) is 0 Å². The van der Waals surface area contributed by atoms with Crippen LogP contribution in [0.4, 0.5) is 5.82 Å². The number of rotatable bonds is 4. The zero-order valence-electron chi connectivity index (χ0n) is 8.20. The van der Waals surface area contributed by atoms with Gasteiger partial charge in [-0.2, -0.15) is 0 Å². The second kappa shape index (κ2) is 4.26. The lowest BCUT2D eigenvalue weighted by Crippen LogP contribution is -2.06. The Hall–Kier alpha value is -0.640. The van der Waals surface area contributed by atoms with Crippen molar-refractivity contribution < 1.29 is 0 Å². The van der Waals surface area contributed by atoms with Gasteiger partial charge in [-0.15, -0.1) is 0 Å². The predicted octanol–water partition coefficient (Wildman–Crippen LogP) is 2.70. The molecule has 3 nitrogen and oxygen atoms in total. The van der Waals surface area contributed by atoms with Crippen LogP contribution in [0, 0.1) is 11.8 Å². The van der Waals surface area contributed by atoms with Crippen LogP contribution in [0.15, 0.2) is 17.0 Å². The van der Waals surface area contributed by atoms with Crippen LogP contribution in [-0.4, -0.2) is 16.5 Å². The fourth-order valence-corrected chi connectivity index (χ4v) is 2.09. The quantitative estimate of drug-likeness (QED) is 0.900. The van der Waals surface area contributed by atoms with E-state index in [9.17, 15) is 0 Å². The van der Waals surface area contributed by atoms with Gasteiger partial charge in [-0.3, -0.25) is 0 Å². The molecule has 0 spiro atoms. The number of hydrogen-bond donors (Lipinski definition) is 1. The SMILES string of the molecule is CCC1CC1CNc1ncncc1Br. The van der Waals surface area contributed by atoms with Crippen LogP contribution in [0.25, 0.3) is 0 Å². The van der Waals surface area contributed by atoms with Crippen molar-refractivity contribution in [2.24, 2.45) is 11.8 Å². The third-order valence-corrected chi connectivity index (χ3v) is 3.37. The van der Waals surface area contributed by atoms with Gasteiger partial charge < -0.3 is 5.32 Å². The van der Waals surface area contributed by atoms with E-state index >= 15 is 0 Å². The van der Waals surface area contributed by atoms with Crippen molar-refractivity contribution in [2.45, 2.75) is 19.8 Å². The molecule has 2 atom stereocenters. The number of nitrogens with zero attached hydrogens (tertiary/aromatic N) is 2. The highest BCUT2D eigenvalue weighted by molar-refractivity contribution is 9.10. The number of nitrogens with one attached hydrogen (secondary N) is 1. The minimum atomic E-state index is 0.849. The van der Waals surface area contributed by atoms with E-state index in [1.807, 2.05) is 0 Å². The second-order valence-electron chi connectivity index (χ2n) is 3.76. The normalized spacial score (nSPS) is 24.7. The predicted molar refractivity (Wildman–Crippen MR) is 60.1 cm³/mol. The van der Waals surface area contributed by atoms with Crippen molar-refractivity contribution in [3.8, 4) is 0 Å². The van der Waals surface area contributed by atoms with Crippen molar-refractivity contribution in [2.75, 3.05) is 11.9 Å². The Bertz CT molecular complexity index is 316. The molecule has 14 heavy (non-hydrogen) atoms. The lowest BCUT2D eigenvalue weighted by atomic mass is 10.2. The number of halogens is 1. The van der Waals surface area contributed by atoms with Crippen LogP contribution < -0.4 is 5.32 Å². The van der Waals surface area contributed by atoms with Crippen molar-refractivity contribution in [1.82, 2.24) is 9.97 Å². The Morgan fingerprint density at radius 2 is 2.43 bits per heavy atom. The van der Waals surface area contributed by atoms with Gasteiger partial charge in [0.15, 0.2) is 0 Å². The third-order valence-electron chi connectivity index (χ3n) is 2.79. The topological polar surface area (TPSA) is 37.8 Å². The van der Waals surface area contributed by atoms with Crippen molar-refractivity contribution in [3.63, 3.8) is 0 Å². The average molecular weight is 256 g/mol. The molecule has 1 heterocycles. The molecule has 1 aromatic rings. The molecule has 1 aliphatic carbocycles. The molecular weight excluding hydrogens is 242 g/mol. The maximum absolute atomic E-state index is 4.16. The van der Waals surface area contributed by atoms with E-state index in [1.54, 1.807) is 12.5 Å². The van der Waals surface area contributed by atoms with Gasteiger partial charge in [0.25, 0.3) is 0 Å². The monoisotopic (exact) mass is 255 g/mol. The van der Waals surface area contributed by atoms with Crippen LogP contribution in [0.2, 0.25) is 0 Å². The Balaban J connectivity index is 1.84. The van der Waals surface area contributed by atoms with Gasteiger partial charge >= 0.3 is 0 Å². The fraction of sp³-hybridized carbons (Fsp3) is 0.600. The summed E-state index contributed by atoms with van der Waals surface area (Å²) in [5.41, 5.74) is 0. The Kier molecular flexibility index (Phi) is 3.01. The highest BCUT2D eigenvalue weighted by Gasteiger charge is 2.34. The van der Waals surface area contributed by atoms with Gasteiger partial charge in [-0.1, -0.05) is 13.3 Å². The first-order valence-electron chi connectivity index (χ1n) is 5.00. The van der Waals surface area contributed by atoms with Gasteiger partial charge in [0, 0.05) is 12.7 Å². The summed E-state index contributed by atoms with van der Waals surface area (Å²) in [7, 11) is 0. The summed E-state index contributed by atoms with van der Waals surface area (Å²) in [6.45, 7) is 3.29. The lowest BCUT2D eigenvalue weighted by Gasteiger charge is -2.05. The van der Waals surface area contributed by atoms with E-state index in [2.05, 4.69) is 38.1 Å². The zero-order valence-corrected chi connectivity index (χ0v) is 9.79. The van der Waals surface area contributed by atoms with Crippen LogP contribution in [0.1, 0.15) is 19.8 Å². The average Bonchev–Trinajstić information content (AvgIpc) is 2.95. The number of aromatic nitrogens is 2. The molecule has 76 valence electrons. The van der Waals surface area contributed by atoms with Crippen LogP contribution in [0.3, 0.4) is 0 Å². The van der Waals surface area contributed by atoms with Gasteiger partial charge in [-0.05, 0) is 34.2 Å². The van der Waals surface area contributed by atoms with Gasteiger partial charge in [0.1, 0.15) is 12.1 Å². The highest BCUT2D eigenvalue weighted by atomic mass is 79.9. The maximum atomic E-state index is 4.16. The lowest BCUT2D eigenvalue weighted by molar-refractivity contribution is 0.700. The molecule has 0 radical (unpaired) electrons. The molecule has 2 unspecified atom stereocenters. The summed E-state index contributed by atoms with van der Waals surface area (Å²) in [6, 6.07) is 0. The van der Waals surface area contributed by atoms with E-state index in [1.165, 1.54) is 12.8 Å². The summed E-state index contributed by atoms with van der Waals surface area (Å²) < 4.78 is 0.939. The van der Waals surface area contributed by atoms with Crippen molar-refractivity contribution >= 4 is 21.7 Å². The molecule has 2 rings (SSSR count). The molecule has 1 N–H and O–H groups in total. The summed E-state index contributed by atoms with van der Waals surface area (Å²) in [5, 5.41) is 3.34. The summed E-state index contributed by atoms with van der Waals surface area (Å²) in [4.78, 5) is 8.08. The zero-order chi connectivity index (χ0) is 9.97. The van der Waals surface area contributed by atoms with E-state index < -0.39 is 0 Å². The first kappa shape index (κ1) is 9.90. The third kappa shape index (κ3) is 2.23.